The van der Waals surface area contributed by atoms with E-state index < -0.39 is 0 Å². The number of rotatable bonds is 5. The highest BCUT2D eigenvalue weighted by Crippen LogP contribution is 2.21. The number of aromatic nitrogens is 4. The Bertz CT molecular complexity index is 1060. The molecular formula is C20H16N6. The van der Waals surface area contributed by atoms with E-state index in [1.54, 1.807) is 24.5 Å². The fourth-order valence-electron chi connectivity index (χ4n) is 2.74. The molecule has 0 saturated carbocycles. The molecule has 0 saturated heterocycles. The Kier molecular flexibility index (Phi) is 4.27. The monoisotopic (exact) mass is 340 g/mol. The minimum absolute atomic E-state index is 0.632. The summed E-state index contributed by atoms with van der Waals surface area (Å²) in [5.41, 5.74) is 4.31. The number of nitrogens with one attached hydrogen (secondary N) is 1. The molecule has 1 aromatic carbocycles. The lowest BCUT2D eigenvalue weighted by Gasteiger charge is -2.07. The normalized spacial score (nSPS) is 10.6. The predicted molar refractivity (Wildman–Crippen MR) is 99.6 cm³/mol. The van der Waals surface area contributed by atoms with Crippen LogP contribution < -0.4 is 5.32 Å². The summed E-state index contributed by atoms with van der Waals surface area (Å²) in [4.78, 5) is 8.73. The summed E-state index contributed by atoms with van der Waals surface area (Å²) in [6.07, 6.45) is 4.42. The van der Waals surface area contributed by atoms with Crippen molar-refractivity contribution in [1.29, 1.82) is 5.26 Å². The van der Waals surface area contributed by atoms with Crippen LogP contribution in [0.3, 0.4) is 0 Å². The van der Waals surface area contributed by atoms with Crippen LogP contribution in [-0.4, -0.2) is 26.1 Å². The highest BCUT2D eigenvalue weighted by atomic mass is 15.3. The first kappa shape index (κ1) is 15.8. The van der Waals surface area contributed by atoms with Crippen molar-refractivity contribution in [3.63, 3.8) is 0 Å². The molecule has 4 rings (SSSR count). The maximum Gasteiger partial charge on any atom is 0.154 e. The van der Waals surface area contributed by atoms with Crippen LogP contribution in [0.1, 0.15) is 11.3 Å². The second-order valence-corrected chi connectivity index (χ2v) is 5.82. The maximum absolute atomic E-state index is 8.94. The van der Waals surface area contributed by atoms with E-state index >= 15 is 0 Å². The van der Waals surface area contributed by atoms with E-state index in [-0.39, 0.29) is 0 Å². The van der Waals surface area contributed by atoms with E-state index in [1.807, 2.05) is 47.0 Å². The van der Waals surface area contributed by atoms with Gasteiger partial charge in [0, 0.05) is 30.4 Å². The van der Waals surface area contributed by atoms with Gasteiger partial charge in [-0.25, -0.2) is 9.50 Å². The highest BCUT2D eigenvalue weighted by molar-refractivity contribution is 5.64. The third kappa shape index (κ3) is 3.23. The summed E-state index contributed by atoms with van der Waals surface area (Å²) in [5, 5.41) is 16.9. The molecule has 0 amide bonds. The molecule has 0 spiro atoms. The summed E-state index contributed by atoms with van der Waals surface area (Å²) in [6.45, 7) is 0.746. The molecular weight excluding hydrogens is 324 g/mol. The average molecular weight is 340 g/mol. The van der Waals surface area contributed by atoms with Gasteiger partial charge >= 0.3 is 0 Å². The van der Waals surface area contributed by atoms with Gasteiger partial charge in [0.05, 0.1) is 23.5 Å². The Morgan fingerprint density at radius 2 is 1.88 bits per heavy atom. The van der Waals surface area contributed by atoms with Crippen molar-refractivity contribution in [3.05, 3.63) is 78.2 Å². The van der Waals surface area contributed by atoms with Crippen molar-refractivity contribution < 1.29 is 0 Å². The number of imidazole rings is 1. The van der Waals surface area contributed by atoms with Crippen LogP contribution in [0.25, 0.3) is 16.9 Å². The van der Waals surface area contributed by atoms with Gasteiger partial charge in [-0.15, -0.1) is 5.10 Å². The molecule has 6 nitrogen and oxygen atoms in total. The summed E-state index contributed by atoms with van der Waals surface area (Å²) in [5.74, 6) is 0.779. The number of hydrogen-bond donors (Lipinski definition) is 1. The number of pyridine rings is 1. The van der Waals surface area contributed by atoms with Crippen molar-refractivity contribution in [1.82, 2.24) is 19.6 Å². The van der Waals surface area contributed by atoms with Crippen molar-refractivity contribution in [3.8, 4) is 17.3 Å². The smallest absolute Gasteiger partial charge is 0.154 e. The Hall–Kier alpha value is -3.72. The highest BCUT2D eigenvalue weighted by Gasteiger charge is 2.08. The van der Waals surface area contributed by atoms with E-state index in [0.29, 0.717) is 5.56 Å². The molecule has 126 valence electrons. The maximum atomic E-state index is 8.94. The Morgan fingerprint density at radius 3 is 2.65 bits per heavy atom. The van der Waals surface area contributed by atoms with Crippen LogP contribution in [0.5, 0.6) is 0 Å². The topological polar surface area (TPSA) is 78.9 Å². The zero-order valence-electron chi connectivity index (χ0n) is 14.0. The van der Waals surface area contributed by atoms with Gasteiger partial charge in [-0.3, -0.25) is 4.98 Å². The first-order chi connectivity index (χ1) is 12.8. The Morgan fingerprint density at radius 1 is 1.00 bits per heavy atom. The van der Waals surface area contributed by atoms with Crippen LogP contribution in [0.4, 0.5) is 5.82 Å². The van der Waals surface area contributed by atoms with Gasteiger partial charge in [0.1, 0.15) is 5.82 Å². The molecule has 0 fully saturated rings. The number of fused-ring (bicyclic) bond motifs is 1. The SMILES string of the molecule is N#Cc1ccc(-c2cnc3ccc(NCCc4ccccn4)nn23)cc1. The van der Waals surface area contributed by atoms with Crippen molar-refractivity contribution >= 4 is 11.5 Å². The van der Waals surface area contributed by atoms with Gasteiger partial charge in [-0.05, 0) is 36.4 Å². The van der Waals surface area contributed by atoms with Crippen LogP contribution in [-0.2, 0) is 6.42 Å². The average Bonchev–Trinajstić information content (AvgIpc) is 3.12. The molecule has 0 aliphatic rings. The van der Waals surface area contributed by atoms with E-state index in [4.69, 9.17) is 5.26 Å². The molecule has 0 bridgehead atoms. The third-order valence-electron chi connectivity index (χ3n) is 4.09. The number of nitriles is 1. The molecule has 6 heteroatoms. The minimum Gasteiger partial charge on any atom is -0.368 e. The lowest BCUT2D eigenvalue weighted by molar-refractivity contribution is 0.907. The first-order valence-corrected chi connectivity index (χ1v) is 8.32. The fourth-order valence-corrected chi connectivity index (χ4v) is 2.74. The molecule has 0 radical (unpaired) electrons. The van der Waals surface area contributed by atoms with Crippen LogP contribution in [0.2, 0.25) is 0 Å². The van der Waals surface area contributed by atoms with E-state index in [0.717, 1.165) is 41.4 Å². The van der Waals surface area contributed by atoms with Crippen LogP contribution in [0, 0.1) is 11.3 Å². The fraction of sp³-hybridized carbons (Fsp3) is 0.100. The molecule has 0 aliphatic carbocycles. The quantitative estimate of drug-likeness (QED) is 0.603. The zero-order valence-corrected chi connectivity index (χ0v) is 14.0. The van der Waals surface area contributed by atoms with Crippen molar-refractivity contribution in [2.24, 2.45) is 0 Å². The number of nitrogens with zero attached hydrogens (tertiary/aromatic N) is 5. The van der Waals surface area contributed by atoms with E-state index in [1.165, 1.54) is 0 Å². The zero-order chi connectivity index (χ0) is 17.8. The summed E-state index contributed by atoms with van der Waals surface area (Å²) >= 11 is 0. The van der Waals surface area contributed by atoms with E-state index in [9.17, 15) is 0 Å². The molecule has 3 heterocycles. The van der Waals surface area contributed by atoms with Crippen molar-refractivity contribution in [2.45, 2.75) is 6.42 Å². The van der Waals surface area contributed by atoms with Gasteiger partial charge < -0.3 is 5.32 Å². The van der Waals surface area contributed by atoms with Gasteiger partial charge in [-0.1, -0.05) is 18.2 Å². The lowest BCUT2D eigenvalue weighted by atomic mass is 10.1. The molecule has 0 atom stereocenters. The van der Waals surface area contributed by atoms with Gasteiger partial charge in [0.15, 0.2) is 5.65 Å². The predicted octanol–water partition coefficient (Wildman–Crippen LogP) is 3.32. The van der Waals surface area contributed by atoms with Gasteiger partial charge in [0.25, 0.3) is 0 Å². The summed E-state index contributed by atoms with van der Waals surface area (Å²) in [6, 6.07) is 19.3. The number of benzene rings is 1. The number of hydrogen-bond acceptors (Lipinski definition) is 5. The van der Waals surface area contributed by atoms with Gasteiger partial charge in [0.2, 0.25) is 0 Å². The lowest BCUT2D eigenvalue weighted by Crippen LogP contribution is -2.09. The summed E-state index contributed by atoms with van der Waals surface area (Å²) in [7, 11) is 0. The van der Waals surface area contributed by atoms with Gasteiger partial charge in [-0.2, -0.15) is 5.26 Å². The van der Waals surface area contributed by atoms with Crippen molar-refractivity contribution in [2.75, 3.05) is 11.9 Å². The molecule has 4 aromatic rings. The molecule has 26 heavy (non-hydrogen) atoms. The molecule has 3 aromatic heterocycles. The first-order valence-electron chi connectivity index (χ1n) is 8.32. The molecule has 0 unspecified atom stereocenters. The molecule has 0 aliphatic heterocycles. The van der Waals surface area contributed by atoms with E-state index in [2.05, 4.69) is 26.5 Å². The second-order valence-electron chi connectivity index (χ2n) is 5.82. The second kappa shape index (κ2) is 7.03. The Balaban J connectivity index is 1.55. The van der Waals surface area contributed by atoms with Crippen LogP contribution in [0.15, 0.2) is 67.0 Å². The Labute approximate surface area is 150 Å². The molecule has 1 N–H and O–H groups in total. The third-order valence-corrected chi connectivity index (χ3v) is 4.09. The summed E-state index contributed by atoms with van der Waals surface area (Å²) < 4.78 is 1.81. The largest absolute Gasteiger partial charge is 0.368 e. The number of anilines is 1. The minimum atomic E-state index is 0.632. The standard InChI is InChI=1S/C20H16N6/c21-13-15-4-6-16(7-5-15)18-14-24-20-9-8-19(25-26(18)20)23-12-10-17-3-1-2-11-22-17/h1-9,11,14H,10,12H2,(H,23,25). The van der Waals surface area contributed by atoms with Crippen LogP contribution >= 0.6 is 0 Å².